The first-order chi connectivity index (χ1) is 12.9. The number of hydrogen-bond donors (Lipinski definition) is 2. The van der Waals surface area contributed by atoms with E-state index in [1.54, 1.807) is 12.1 Å². The summed E-state index contributed by atoms with van der Waals surface area (Å²) in [6.07, 6.45) is 1.85. The average Bonchev–Trinajstić information content (AvgIpc) is 2.88. The van der Waals surface area contributed by atoms with Crippen LogP contribution in [0.25, 0.3) is 0 Å². The van der Waals surface area contributed by atoms with Crippen LogP contribution in [0.5, 0.6) is 0 Å². The molecule has 2 aromatic heterocycles. The van der Waals surface area contributed by atoms with Crippen LogP contribution in [0.4, 0.5) is 0 Å². The van der Waals surface area contributed by atoms with Crippen molar-refractivity contribution in [1.82, 2.24) is 19.8 Å². The van der Waals surface area contributed by atoms with Gasteiger partial charge in [0.15, 0.2) is 5.96 Å². The van der Waals surface area contributed by atoms with E-state index >= 15 is 0 Å². The zero-order valence-corrected chi connectivity index (χ0v) is 20.3. The highest BCUT2D eigenvalue weighted by Crippen LogP contribution is 2.25. The molecule has 0 amide bonds. The van der Waals surface area contributed by atoms with E-state index in [-0.39, 0.29) is 29.5 Å². The Morgan fingerprint density at radius 3 is 2.57 bits per heavy atom. The first-order valence-corrected chi connectivity index (χ1v) is 9.87. The summed E-state index contributed by atoms with van der Waals surface area (Å²) < 4.78 is 3.64. The fourth-order valence-electron chi connectivity index (χ4n) is 2.75. The van der Waals surface area contributed by atoms with E-state index in [1.807, 2.05) is 42.2 Å². The first kappa shape index (κ1) is 24.8. The zero-order valence-electron chi connectivity index (χ0n) is 16.5. The van der Waals surface area contributed by atoms with Crippen LogP contribution in [0.15, 0.2) is 34.1 Å². The number of unbranched alkanes of at least 4 members (excludes halogenated alkanes) is 1. The number of rotatable bonds is 8. The number of nitrogens with zero attached hydrogens (tertiary/aromatic N) is 3. The van der Waals surface area contributed by atoms with Crippen LogP contribution in [0.2, 0.25) is 10.2 Å². The van der Waals surface area contributed by atoms with Crippen LogP contribution in [0.3, 0.4) is 0 Å². The highest BCUT2D eigenvalue weighted by atomic mass is 127. The van der Waals surface area contributed by atoms with Crippen molar-refractivity contribution in [3.8, 4) is 0 Å². The van der Waals surface area contributed by atoms with Gasteiger partial charge in [-0.1, -0.05) is 29.3 Å². The molecule has 0 aliphatic carbocycles. The summed E-state index contributed by atoms with van der Waals surface area (Å²) in [5.41, 5.74) is 1.99. The Morgan fingerprint density at radius 2 is 1.96 bits per heavy atom. The summed E-state index contributed by atoms with van der Waals surface area (Å²) in [4.78, 5) is 16.5. The fourth-order valence-corrected chi connectivity index (χ4v) is 3.17. The number of pyridine rings is 1. The SMILES string of the molecule is CCNC(=NCc1cc(Cl)c(Cl)n1C)NCCCCn1c(C)cccc1=O.I. The number of hydrogen-bond acceptors (Lipinski definition) is 2. The first-order valence-electron chi connectivity index (χ1n) is 9.12. The van der Waals surface area contributed by atoms with Gasteiger partial charge in [-0.25, -0.2) is 4.99 Å². The van der Waals surface area contributed by atoms with Crippen LogP contribution >= 0.6 is 47.2 Å². The third-order valence-electron chi connectivity index (χ3n) is 4.33. The summed E-state index contributed by atoms with van der Waals surface area (Å²) in [7, 11) is 1.87. The molecule has 6 nitrogen and oxygen atoms in total. The molecule has 0 aromatic carbocycles. The monoisotopic (exact) mass is 539 g/mol. The van der Waals surface area contributed by atoms with Gasteiger partial charge in [0.1, 0.15) is 5.15 Å². The standard InChI is InChI=1S/C19H27Cl2N5O.HI/c1-4-22-19(24-13-15-12-16(20)18(21)25(15)3)23-10-5-6-11-26-14(2)8-7-9-17(26)27;/h7-9,12H,4-6,10-11,13H2,1-3H3,(H2,22,23,24);1H. The van der Waals surface area contributed by atoms with E-state index in [1.165, 1.54) is 0 Å². The van der Waals surface area contributed by atoms with Crippen molar-refractivity contribution in [3.63, 3.8) is 0 Å². The maximum Gasteiger partial charge on any atom is 0.250 e. The van der Waals surface area contributed by atoms with Crippen LogP contribution in [-0.4, -0.2) is 28.2 Å². The lowest BCUT2D eigenvalue weighted by molar-refractivity contribution is 0.575. The molecule has 2 heterocycles. The highest BCUT2D eigenvalue weighted by molar-refractivity contribution is 14.0. The zero-order chi connectivity index (χ0) is 19.8. The predicted octanol–water partition coefficient (Wildman–Crippen LogP) is 3.96. The van der Waals surface area contributed by atoms with Crippen LogP contribution in [0.1, 0.15) is 31.2 Å². The average molecular weight is 540 g/mol. The lowest BCUT2D eigenvalue weighted by atomic mass is 10.3. The molecule has 0 saturated heterocycles. The Labute approximate surface area is 193 Å². The Kier molecular flexibility index (Phi) is 11.0. The second-order valence-electron chi connectivity index (χ2n) is 6.32. The fraction of sp³-hybridized carbons (Fsp3) is 0.474. The van der Waals surface area contributed by atoms with Gasteiger partial charge in [0.25, 0.3) is 5.56 Å². The quantitative estimate of drug-likeness (QED) is 0.231. The Hall–Kier alpha value is -1.19. The summed E-state index contributed by atoms with van der Waals surface area (Å²) in [6.45, 7) is 6.74. The van der Waals surface area contributed by atoms with Gasteiger partial charge in [-0.3, -0.25) is 4.79 Å². The van der Waals surface area contributed by atoms with Crippen molar-refractivity contribution in [2.45, 2.75) is 39.8 Å². The van der Waals surface area contributed by atoms with E-state index in [0.717, 1.165) is 49.8 Å². The molecule has 0 aliphatic rings. The third-order valence-corrected chi connectivity index (χ3v) is 5.17. The topological polar surface area (TPSA) is 63.4 Å². The number of aliphatic imine (C=N–C) groups is 1. The van der Waals surface area contributed by atoms with E-state index in [0.29, 0.717) is 16.7 Å². The highest BCUT2D eigenvalue weighted by Gasteiger charge is 2.08. The summed E-state index contributed by atoms with van der Waals surface area (Å²) in [6, 6.07) is 7.18. The number of aromatic nitrogens is 2. The number of guanidine groups is 1. The smallest absolute Gasteiger partial charge is 0.250 e. The molecule has 0 atom stereocenters. The van der Waals surface area contributed by atoms with Gasteiger partial charge in [-0.15, -0.1) is 24.0 Å². The number of halogens is 3. The van der Waals surface area contributed by atoms with E-state index in [9.17, 15) is 4.79 Å². The lowest BCUT2D eigenvalue weighted by Crippen LogP contribution is -2.37. The second-order valence-corrected chi connectivity index (χ2v) is 7.08. The molecule has 2 N–H and O–H groups in total. The van der Waals surface area contributed by atoms with Gasteiger partial charge in [-0.2, -0.15) is 0 Å². The lowest BCUT2D eigenvalue weighted by Gasteiger charge is -2.12. The summed E-state index contributed by atoms with van der Waals surface area (Å²) in [5, 5.41) is 7.61. The molecule has 0 spiro atoms. The van der Waals surface area contributed by atoms with Crippen molar-refractivity contribution < 1.29 is 0 Å². The molecule has 28 heavy (non-hydrogen) atoms. The minimum atomic E-state index is 0. The van der Waals surface area contributed by atoms with E-state index < -0.39 is 0 Å². The van der Waals surface area contributed by atoms with Gasteiger partial charge in [0, 0.05) is 44.1 Å². The van der Waals surface area contributed by atoms with Gasteiger partial charge in [0.05, 0.1) is 11.6 Å². The molecule has 0 radical (unpaired) electrons. The van der Waals surface area contributed by atoms with Crippen molar-refractivity contribution in [1.29, 1.82) is 0 Å². The van der Waals surface area contributed by atoms with Crippen LogP contribution < -0.4 is 16.2 Å². The number of nitrogens with one attached hydrogen (secondary N) is 2. The molecular formula is C19H28Cl2IN5O. The minimum absolute atomic E-state index is 0. The molecule has 2 aromatic rings. The van der Waals surface area contributed by atoms with Crippen molar-refractivity contribution in [2.24, 2.45) is 12.0 Å². The molecule has 0 aliphatic heterocycles. The van der Waals surface area contributed by atoms with Crippen molar-refractivity contribution in [3.05, 3.63) is 56.2 Å². The summed E-state index contributed by atoms with van der Waals surface area (Å²) in [5.74, 6) is 0.749. The second kappa shape index (κ2) is 12.4. The molecule has 0 unspecified atom stereocenters. The predicted molar refractivity (Wildman–Crippen MR) is 128 cm³/mol. The molecular weight excluding hydrogens is 512 g/mol. The maximum atomic E-state index is 11.9. The molecule has 9 heteroatoms. The molecule has 2 rings (SSSR count). The van der Waals surface area contributed by atoms with Crippen molar-refractivity contribution in [2.75, 3.05) is 13.1 Å². The minimum Gasteiger partial charge on any atom is -0.357 e. The van der Waals surface area contributed by atoms with Crippen LogP contribution in [0, 0.1) is 6.92 Å². The van der Waals surface area contributed by atoms with E-state index in [4.69, 9.17) is 23.2 Å². The van der Waals surface area contributed by atoms with Gasteiger partial charge in [-0.05, 0) is 38.8 Å². The van der Waals surface area contributed by atoms with Crippen LogP contribution in [-0.2, 0) is 20.1 Å². The van der Waals surface area contributed by atoms with Gasteiger partial charge < -0.3 is 19.8 Å². The number of aryl methyl sites for hydroxylation is 1. The molecule has 156 valence electrons. The maximum absolute atomic E-state index is 11.9. The third kappa shape index (κ3) is 7.00. The van der Waals surface area contributed by atoms with Gasteiger partial charge in [0.2, 0.25) is 0 Å². The largest absolute Gasteiger partial charge is 0.357 e. The van der Waals surface area contributed by atoms with Gasteiger partial charge >= 0.3 is 0 Å². The Bertz CT molecular complexity index is 847. The van der Waals surface area contributed by atoms with E-state index in [2.05, 4.69) is 15.6 Å². The molecule has 0 fully saturated rings. The molecule has 0 saturated carbocycles. The Morgan fingerprint density at radius 1 is 1.21 bits per heavy atom. The van der Waals surface area contributed by atoms with Crippen molar-refractivity contribution >= 4 is 53.1 Å². The normalized spacial score (nSPS) is 11.2. The Balaban J connectivity index is 0.00000392. The molecule has 0 bridgehead atoms. The summed E-state index contributed by atoms with van der Waals surface area (Å²) >= 11 is 12.1.